The molecule has 2 radical (unpaired) electrons. The van der Waals surface area contributed by atoms with Crippen molar-refractivity contribution < 1.29 is 4.74 Å². The van der Waals surface area contributed by atoms with Gasteiger partial charge >= 0.3 is 0 Å². The Morgan fingerprint density at radius 1 is 1.41 bits per heavy atom. The average Bonchev–Trinajstić information content (AvgIpc) is 2.72. The predicted octanol–water partition coefficient (Wildman–Crippen LogP) is 1.19. The molecular formula is C13H15N3O. The fraction of sp³-hybridized carbons (Fsp3) is 0.385. The Bertz CT molecular complexity index is 418. The number of benzene rings is 1. The van der Waals surface area contributed by atoms with Crippen molar-refractivity contribution >= 4 is 5.84 Å². The molecule has 0 amide bonds. The van der Waals surface area contributed by atoms with Crippen molar-refractivity contribution in [3.63, 3.8) is 0 Å². The second-order valence-corrected chi connectivity index (χ2v) is 4.37. The monoisotopic (exact) mass is 229 g/mol. The van der Waals surface area contributed by atoms with Crippen LogP contribution in [-0.4, -0.2) is 42.0 Å². The molecule has 0 aliphatic carbocycles. The van der Waals surface area contributed by atoms with Gasteiger partial charge in [-0.3, -0.25) is 5.01 Å². The minimum absolute atomic E-state index is 0.301. The molecule has 0 spiro atoms. The molecular weight excluding hydrogens is 214 g/mol. The maximum atomic E-state index is 5.58. The van der Waals surface area contributed by atoms with E-state index < -0.39 is 0 Å². The topological polar surface area (TPSA) is 28.1 Å². The molecule has 3 rings (SSSR count). The molecule has 1 atom stereocenters. The zero-order chi connectivity index (χ0) is 11.7. The van der Waals surface area contributed by atoms with Crippen molar-refractivity contribution in [2.75, 3.05) is 20.3 Å². The molecule has 1 aromatic carbocycles. The summed E-state index contributed by atoms with van der Waals surface area (Å²) in [5, 5.41) is 6.07. The third-order valence-electron chi connectivity index (χ3n) is 3.02. The van der Waals surface area contributed by atoms with Gasteiger partial charge in [0.2, 0.25) is 6.67 Å². The van der Waals surface area contributed by atoms with Gasteiger partial charge in [-0.15, -0.1) is 0 Å². The summed E-state index contributed by atoms with van der Waals surface area (Å²) in [6, 6.07) is 10.8. The smallest absolute Gasteiger partial charge is 0.227 e. The summed E-state index contributed by atoms with van der Waals surface area (Å²) in [5.74, 6) is 0.958. The number of fused-ring (bicyclic) bond motifs is 1. The Labute approximate surface area is 101 Å². The minimum atomic E-state index is 0.301. The van der Waals surface area contributed by atoms with Crippen molar-refractivity contribution in [3.8, 4) is 0 Å². The van der Waals surface area contributed by atoms with Crippen molar-refractivity contribution in [1.29, 1.82) is 0 Å². The lowest BCUT2D eigenvalue weighted by Gasteiger charge is -2.33. The summed E-state index contributed by atoms with van der Waals surface area (Å²) in [5.41, 5.74) is 1.32. The molecule has 88 valence electrons. The van der Waals surface area contributed by atoms with E-state index in [1.807, 2.05) is 13.1 Å². The van der Waals surface area contributed by atoms with Gasteiger partial charge in [-0.1, -0.05) is 30.3 Å². The SMILES string of the molecule is CN1[C]N2C(=N1)COC[C@@H]2Cc1ccccc1. The molecule has 2 aliphatic heterocycles. The Kier molecular flexibility index (Phi) is 2.73. The second kappa shape index (κ2) is 4.37. The molecule has 0 bridgehead atoms. The standard InChI is InChI=1S/C13H15N3O/c1-15-10-16-12(8-17-9-13(16)14-15)7-11-5-3-2-4-6-11/h2-6,12H,7-9H2,1H3/t12-/m0/s1. The first-order valence-electron chi connectivity index (χ1n) is 5.81. The number of hydrogen-bond donors (Lipinski definition) is 0. The van der Waals surface area contributed by atoms with Crippen molar-refractivity contribution in [2.24, 2.45) is 5.10 Å². The number of hydrazone groups is 1. The van der Waals surface area contributed by atoms with Crippen LogP contribution in [0, 0.1) is 6.67 Å². The van der Waals surface area contributed by atoms with E-state index >= 15 is 0 Å². The summed E-state index contributed by atoms with van der Waals surface area (Å²) in [6.45, 7) is 4.53. The number of amidine groups is 1. The van der Waals surface area contributed by atoms with Crippen LogP contribution in [0.2, 0.25) is 0 Å². The summed E-state index contributed by atoms with van der Waals surface area (Å²) in [4.78, 5) is 2.11. The molecule has 2 heterocycles. The molecule has 17 heavy (non-hydrogen) atoms. The third-order valence-corrected chi connectivity index (χ3v) is 3.02. The van der Waals surface area contributed by atoms with E-state index in [0.29, 0.717) is 12.6 Å². The average molecular weight is 229 g/mol. The fourth-order valence-electron chi connectivity index (χ4n) is 2.25. The molecule has 1 fully saturated rings. The first-order chi connectivity index (χ1) is 8.33. The van der Waals surface area contributed by atoms with Gasteiger partial charge in [0.15, 0.2) is 5.84 Å². The zero-order valence-electron chi connectivity index (χ0n) is 9.84. The van der Waals surface area contributed by atoms with Crippen LogP contribution in [0.3, 0.4) is 0 Å². The quantitative estimate of drug-likeness (QED) is 0.762. The number of morpholine rings is 1. The largest absolute Gasteiger partial charge is 0.371 e. The van der Waals surface area contributed by atoms with Gasteiger partial charge in [0, 0.05) is 7.05 Å². The zero-order valence-corrected chi connectivity index (χ0v) is 9.84. The Balaban J connectivity index is 1.73. The maximum absolute atomic E-state index is 5.58. The second-order valence-electron chi connectivity index (χ2n) is 4.37. The number of hydrogen-bond acceptors (Lipinski definition) is 4. The van der Waals surface area contributed by atoms with Gasteiger partial charge in [0.1, 0.15) is 6.61 Å². The van der Waals surface area contributed by atoms with Crippen LogP contribution in [0.5, 0.6) is 0 Å². The molecule has 0 aromatic heterocycles. The fourth-order valence-corrected chi connectivity index (χ4v) is 2.25. The molecule has 0 N–H and O–H groups in total. The molecule has 4 nitrogen and oxygen atoms in total. The summed E-state index contributed by atoms with van der Waals surface area (Å²) >= 11 is 0. The highest BCUT2D eigenvalue weighted by atomic mass is 16.5. The molecule has 4 heteroatoms. The van der Waals surface area contributed by atoms with Gasteiger partial charge < -0.3 is 9.64 Å². The summed E-state index contributed by atoms with van der Waals surface area (Å²) < 4.78 is 5.58. The van der Waals surface area contributed by atoms with Crippen LogP contribution in [0.1, 0.15) is 5.56 Å². The lowest BCUT2D eigenvalue weighted by molar-refractivity contribution is 0.0810. The van der Waals surface area contributed by atoms with Gasteiger partial charge in [-0.25, -0.2) is 0 Å². The van der Waals surface area contributed by atoms with Crippen LogP contribution in [-0.2, 0) is 11.2 Å². The highest BCUT2D eigenvalue weighted by Crippen LogP contribution is 2.21. The van der Waals surface area contributed by atoms with E-state index in [4.69, 9.17) is 4.74 Å². The molecule has 0 unspecified atom stereocenters. The predicted molar refractivity (Wildman–Crippen MR) is 65.0 cm³/mol. The Hall–Kier alpha value is -1.55. The first kappa shape index (κ1) is 10.6. The molecule has 0 saturated carbocycles. The number of nitrogens with zero attached hydrogens (tertiary/aromatic N) is 3. The van der Waals surface area contributed by atoms with Crippen LogP contribution >= 0.6 is 0 Å². The lowest BCUT2D eigenvalue weighted by atomic mass is 10.0. The lowest BCUT2D eigenvalue weighted by Crippen LogP contribution is -2.47. The minimum Gasteiger partial charge on any atom is -0.371 e. The van der Waals surface area contributed by atoms with Crippen molar-refractivity contribution in [3.05, 3.63) is 42.6 Å². The van der Waals surface area contributed by atoms with E-state index in [2.05, 4.69) is 40.9 Å². The van der Waals surface area contributed by atoms with Gasteiger partial charge in [-0.05, 0) is 12.0 Å². The summed E-state index contributed by atoms with van der Waals surface area (Å²) in [6.07, 6.45) is 0.959. The van der Waals surface area contributed by atoms with Crippen LogP contribution < -0.4 is 0 Å². The van der Waals surface area contributed by atoms with Crippen LogP contribution in [0.25, 0.3) is 0 Å². The van der Waals surface area contributed by atoms with Crippen LogP contribution in [0.15, 0.2) is 35.4 Å². The summed E-state index contributed by atoms with van der Waals surface area (Å²) in [7, 11) is 1.89. The van der Waals surface area contributed by atoms with Gasteiger partial charge in [-0.2, -0.15) is 5.10 Å². The molecule has 1 aromatic rings. The van der Waals surface area contributed by atoms with E-state index in [9.17, 15) is 0 Å². The van der Waals surface area contributed by atoms with Gasteiger partial charge in [0.25, 0.3) is 0 Å². The van der Waals surface area contributed by atoms with Gasteiger partial charge in [0.05, 0.1) is 12.6 Å². The Morgan fingerprint density at radius 3 is 3.06 bits per heavy atom. The first-order valence-corrected chi connectivity index (χ1v) is 5.81. The van der Waals surface area contributed by atoms with Crippen LogP contribution in [0.4, 0.5) is 0 Å². The Morgan fingerprint density at radius 2 is 2.24 bits per heavy atom. The molecule has 1 saturated heterocycles. The highest BCUT2D eigenvalue weighted by Gasteiger charge is 2.33. The third kappa shape index (κ3) is 2.13. The number of ether oxygens (including phenoxy) is 1. The van der Waals surface area contributed by atoms with Crippen molar-refractivity contribution in [1.82, 2.24) is 9.91 Å². The maximum Gasteiger partial charge on any atom is 0.227 e. The molecule has 2 aliphatic rings. The van der Waals surface area contributed by atoms with E-state index in [-0.39, 0.29) is 0 Å². The van der Waals surface area contributed by atoms with E-state index in [0.717, 1.165) is 18.9 Å². The van der Waals surface area contributed by atoms with E-state index in [1.54, 1.807) is 5.01 Å². The number of rotatable bonds is 2. The van der Waals surface area contributed by atoms with Crippen molar-refractivity contribution in [2.45, 2.75) is 12.5 Å². The van der Waals surface area contributed by atoms with E-state index in [1.165, 1.54) is 5.56 Å². The highest BCUT2D eigenvalue weighted by molar-refractivity contribution is 5.86. The normalized spacial score (nSPS) is 23.6.